The van der Waals surface area contributed by atoms with Crippen LogP contribution in [-0.2, 0) is 17.3 Å². The lowest BCUT2D eigenvalue weighted by atomic mass is 9.34. The van der Waals surface area contributed by atoms with E-state index in [1.165, 1.54) is 21.6 Å². The minimum atomic E-state index is -2.81. The number of benzene rings is 1. The molecule has 3 heterocycles. The fourth-order valence-electron chi connectivity index (χ4n) is 6.63. The highest BCUT2D eigenvalue weighted by Gasteiger charge is 2.75. The van der Waals surface area contributed by atoms with Gasteiger partial charge in [-0.15, -0.1) is 0 Å². The summed E-state index contributed by atoms with van der Waals surface area (Å²) >= 11 is 5.89. The highest BCUT2D eigenvalue weighted by Crippen LogP contribution is 2.74. The summed E-state index contributed by atoms with van der Waals surface area (Å²) in [5.41, 5.74) is 0.754. The van der Waals surface area contributed by atoms with Crippen LogP contribution in [0.15, 0.2) is 29.1 Å². The highest BCUT2D eigenvalue weighted by atomic mass is 35.5. The van der Waals surface area contributed by atoms with Crippen molar-refractivity contribution in [2.24, 2.45) is 12.5 Å². The van der Waals surface area contributed by atoms with Crippen LogP contribution in [0.1, 0.15) is 59.7 Å². The number of carbonyl (C=O) groups excluding carboxylic acids is 1. The van der Waals surface area contributed by atoms with E-state index in [4.69, 9.17) is 16.6 Å². The molecule has 1 aromatic carbocycles. The summed E-state index contributed by atoms with van der Waals surface area (Å²) in [5, 5.41) is 13.2. The fraction of sp³-hybridized carbons (Fsp3) is 0.444. The summed E-state index contributed by atoms with van der Waals surface area (Å²) in [6.45, 7) is 2.64. The highest BCUT2D eigenvalue weighted by molar-refractivity contribution is 6.29. The molecule has 4 aliphatic rings. The van der Waals surface area contributed by atoms with E-state index in [9.17, 15) is 28.3 Å². The largest absolute Gasteiger partial charge is 0.476 e. The maximum absolute atomic E-state index is 13.5. The molecular weight excluding hydrogens is 532 g/mol. The topological polar surface area (TPSA) is 117 Å². The number of hydrogen-bond donors (Lipinski definition) is 2. The molecule has 2 aromatic heterocycles. The lowest BCUT2D eigenvalue weighted by Gasteiger charge is -2.70. The van der Waals surface area contributed by atoms with Crippen LogP contribution in [-0.4, -0.2) is 55.4 Å². The number of likely N-dealkylation sites (tertiary alicyclic amines) is 1. The maximum Gasteiger partial charge on any atom is 0.356 e. The second-order valence-corrected chi connectivity index (χ2v) is 11.7. The minimum Gasteiger partial charge on any atom is -0.476 e. The number of nitrogens with one attached hydrogen (secondary N) is 1. The van der Waals surface area contributed by atoms with Crippen molar-refractivity contribution in [1.29, 1.82) is 0 Å². The van der Waals surface area contributed by atoms with Gasteiger partial charge in [0.15, 0.2) is 5.69 Å². The molecule has 39 heavy (non-hydrogen) atoms. The second-order valence-electron chi connectivity index (χ2n) is 11.4. The molecule has 3 aliphatic carbocycles. The summed E-state index contributed by atoms with van der Waals surface area (Å²) in [4.78, 5) is 48.2. The SMILES string of the molecule is Cc1cc([C@@H](C)Nc2ccc(Cl)nc2C(=O)O)c2nc(C34CC(C(=O)N5CC(F)(F)C5)(C3)C4)n(C)c(=O)c2c1. The number of rotatable bonds is 6. The van der Waals surface area contributed by atoms with Crippen LogP contribution in [0.4, 0.5) is 14.5 Å². The van der Waals surface area contributed by atoms with Gasteiger partial charge in [-0.25, -0.2) is 23.5 Å². The number of aryl methyl sites for hydroxylation is 1. The van der Waals surface area contributed by atoms with E-state index in [1.807, 2.05) is 19.9 Å². The van der Waals surface area contributed by atoms with Crippen LogP contribution in [0.3, 0.4) is 0 Å². The molecule has 2 bridgehead atoms. The van der Waals surface area contributed by atoms with Crippen LogP contribution in [0.25, 0.3) is 10.9 Å². The molecule has 7 rings (SSSR count). The van der Waals surface area contributed by atoms with Crippen molar-refractivity contribution in [3.63, 3.8) is 0 Å². The van der Waals surface area contributed by atoms with Gasteiger partial charge >= 0.3 is 5.97 Å². The number of carboxylic acid groups (broad SMARTS) is 1. The molecule has 1 aliphatic heterocycles. The number of nitrogens with zero attached hydrogens (tertiary/aromatic N) is 4. The Balaban J connectivity index is 1.34. The molecule has 1 saturated heterocycles. The van der Waals surface area contributed by atoms with E-state index in [0.29, 0.717) is 41.6 Å². The molecule has 2 N–H and O–H groups in total. The van der Waals surface area contributed by atoms with Gasteiger partial charge in [-0.3, -0.25) is 14.2 Å². The summed E-state index contributed by atoms with van der Waals surface area (Å²) < 4.78 is 28.2. The first-order valence-electron chi connectivity index (χ1n) is 12.6. The van der Waals surface area contributed by atoms with Crippen LogP contribution in [0.2, 0.25) is 5.15 Å². The van der Waals surface area contributed by atoms with Gasteiger partial charge in [0.1, 0.15) is 11.0 Å². The Bertz CT molecular complexity index is 1630. The normalized spacial score (nSPS) is 25.3. The van der Waals surface area contributed by atoms with Gasteiger partial charge in [0, 0.05) is 18.0 Å². The second kappa shape index (κ2) is 8.20. The summed E-state index contributed by atoms with van der Waals surface area (Å²) in [5.74, 6) is -3.71. The first-order chi connectivity index (χ1) is 18.2. The molecule has 0 spiro atoms. The molecule has 1 amide bonds. The van der Waals surface area contributed by atoms with Gasteiger partial charge in [0.25, 0.3) is 11.5 Å². The Morgan fingerprint density at radius 1 is 1.15 bits per heavy atom. The maximum atomic E-state index is 13.5. The van der Waals surface area contributed by atoms with Gasteiger partial charge in [0.05, 0.1) is 41.1 Å². The Kier molecular flexibility index (Phi) is 5.40. The van der Waals surface area contributed by atoms with E-state index in [2.05, 4.69) is 10.3 Å². The third-order valence-electron chi connectivity index (χ3n) is 8.35. The minimum absolute atomic E-state index is 0.0547. The number of carbonyl (C=O) groups is 2. The third kappa shape index (κ3) is 3.81. The van der Waals surface area contributed by atoms with Crippen molar-refractivity contribution in [2.75, 3.05) is 18.4 Å². The van der Waals surface area contributed by atoms with Crippen LogP contribution in [0.5, 0.6) is 0 Å². The number of alkyl halides is 2. The smallest absolute Gasteiger partial charge is 0.356 e. The van der Waals surface area contributed by atoms with Crippen molar-refractivity contribution in [3.05, 3.63) is 62.4 Å². The Labute approximate surface area is 226 Å². The number of aromatic carboxylic acids is 1. The summed E-state index contributed by atoms with van der Waals surface area (Å²) in [7, 11) is 1.66. The average molecular weight is 558 g/mol. The molecule has 12 heteroatoms. The predicted molar refractivity (Wildman–Crippen MR) is 139 cm³/mol. The number of carboxylic acids is 1. The lowest BCUT2D eigenvalue weighted by molar-refractivity contribution is -0.211. The Morgan fingerprint density at radius 2 is 1.82 bits per heavy atom. The van der Waals surface area contributed by atoms with Crippen molar-refractivity contribution >= 4 is 40.1 Å². The summed E-state index contributed by atoms with van der Waals surface area (Å²) in [6, 6.07) is 6.25. The van der Waals surface area contributed by atoms with Crippen LogP contribution < -0.4 is 10.9 Å². The van der Waals surface area contributed by atoms with Gasteiger partial charge in [-0.1, -0.05) is 17.7 Å². The number of aromatic nitrogens is 3. The average Bonchev–Trinajstić information content (AvgIpc) is 2.79. The van der Waals surface area contributed by atoms with Gasteiger partial charge < -0.3 is 15.3 Å². The predicted octanol–water partition coefficient (Wildman–Crippen LogP) is 4.06. The van der Waals surface area contributed by atoms with Gasteiger partial charge in [0.2, 0.25) is 5.91 Å². The molecule has 204 valence electrons. The van der Waals surface area contributed by atoms with Crippen molar-refractivity contribution in [3.8, 4) is 0 Å². The van der Waals surface area contributed by atoms with E-state index in [1.54, 1.807) is 13.1 Å². The Morgan fingerprint density at radius 3 is 2.44 bits per heavy atom. The molecular formula is C27H26ClF2N5O4. The number of hydrogen-bond acceptors (Lipinski definition) is 6. The van der Waals surface area contributed by atoms with Crippen LogP contribution >= 0.6 is 11.6 Å². The lowest BCUT2D eigenvalue weighted by Crippen LogP contribution is -2.74. The van der Waals surface area contributed by atoms with E-state index in [-0.39, 0.29) is 28.0 Å². The van der Waals surface area contributed by atoms with Gasteiger partial charge in [-0.05, 0) is 56.9 Å². The monoisotopic (exact) mass is 557 g/mol. The Hall–Kier alpha value is -3.60. The first kappa shape index (κ1) is 25.7. The zero-order chi connectivity index (χ0) is 28.1. The van der Waals surface area contributed by atoms with Crippen molar-refractivity contribution in [1.82, 2.24) is 19.4 Å². The molecule has 3 aromatic rings. The number of fused-ring (bicyclic) bond motifs is 1. The molecule has 4 fully saturated rings. The first-order valence-corrected chi connectivity index (χ1v) is 13.0. The summed E-state index contributed by atoms with van der Waals surface area (Å²) in [6.07, 6.45) is 1.42. The molecule has 1 atom stereocenters. The quantitative estimate of drug-likeness (QED) is 0.439. The number of anilines is 1. The van der Waals surface area contributed by atoms with Crippen LogP contribution in [0, 0.1) is 12.3 Å². The van der Waals surface area contributed by atoms with Crippen molar-refractivity contribution < 1.29 is 23.5 Å². The molecule has 0 radical (unpaired) electrons. The van der Waals surface area contributed by atoms with E-state index < -0.39 is 41.9 Å². The van der Waals surface area contributed by atoms with Gasteiger partial charge in [-0.2, -0.15) is 0 Å². The zero-order valence-corrected chi connectivity index (χ0v) is 22.3. The van der Waals surface area contributed by atoms with Crippen molar-refractivity contribution in [2.45, 2.75) is 50.5 Å². The number of pyridine rings is 1. The number of amides is 1. The van der Waals surface area contributed by atoms with E-state index >= 15 is 0 Å². The fourth-order valence-corrected chi connectivity index (χ4v) is 6.77. The standard InChI is InChI=1S/C27H26ClF2N5O4/c1-13-6-15(14(2)31-17-4-5-18(28)32-20(17)22(37)38)19-16(7-13)21(36)34(3)23(33-19)25-8-26(9-25,10-25)24(39)35-11-27(29,30)12-35/h4-7,14,31H,8-12H2,1-3H3,(H,37,38)/t14-,25?,26?/m1/s1. The number of halogens is 3. The molecule has 0 unspecified atom stereocenters. The third-order valence-corrected chi connectivity index (χ3v) is 8.56. The van der Waals surface area contributed by atoms with E-state index in [0.717, 1.165) is 5.56 Å². The molecule has 3 saturated carbocycles. The zero-order valence-electron chi connectivity index (χ0n) is 21.5. The molecule has 9 nitrogen and oxygen atoms in total.